The van der Waals surface area contributed by atoms with E-state index in [1.807, 2.05) is 35.8 Å². The number of benzene rings is 2. The Hall–Kier alpha value is -1.66. The molecule has 0 spiro atoms. The molecule has 0 amide bonds. The van der Waals surface area contributed by atoms with Gasteiger partial charge in [0.15, 0.2) is 0 Å². The third-order valence-electron chi connectivity index (χ3n) is 4.01. The number of fused-ring (bicyclic) bond motifs is 1. The second-order valence-corrected chi connectivity index (χ2v) is 6.55. The first-order valence-electron chi connectivity index (χ1n) is 7.99. The molecule has 0 radical (unpaired) electrons. The SMILES string of the molecule is CCn1c(=N)n(CC(O)COc2ccc(Cl)cc2Cl)c2ccccc21.Cl. The number of hydrogen-bond donors (Lipinski definition) is 2. The van der Waals surface area contributed by atoms with E-state index >= 15 is 0 Å². The molecule has 140 valence electrons. The van der Waals surface area contributed by atoms with Crippen LogP contribution in [0.4, 0.5) is 0 Å². The monoisotopic (exact) mass is 415 g/mol. The molecule has 0 aliphatic rings. The minimum absolute atomic E-state index is 0. The van der Waals surface area contributed by atoms with E-state index in [1.54, 1.807) is 22.8 Å². The number of imidazole rings is 1. The number of halogens is 3. The molecule has 1 atom stereocenters. The molecule has 26 heavy (non-hydrogen) atoms. The lowest BCUT2D eigenvalue weighted by Gasteiger charge is -2.14. The average molecular weight is 417 g/mol. The fraction of sp³-hybridized carbons (Fsp3) is 0.278. The van der Waals surface area contributed by atoms with Gasteiger partial charge in [0.05, 0.1) is 22.6 Å². The van der Waals surface area contributed by atoms with Gasteiger partial charge in [-0.25, -0.2) is 0 Å². The van der Waals surface area contributed by atoms with Crippen LogP contribution >= 0.6 is 35.6 Å². The zero-order valence-electron chi connectivity index (χ0n) is 14.2. The van der Waals surface area contributed by atoms with E-state index < -0.39 is 6.10 Å². The Labute approximate surface area is 167 Å². The van der Waals surface area contributed by atoms with Gasteiger partial charge in [-0.15, -0.1) is 12.4 Å². The van der Waals surface area contributed by atoms with Gasteiger partial charge in [0, 0.05) is 11.6 Å². The molecule has 5 nitrogen and oxygen atoms in total. The Bertz CT molecular complexity index is 952. The van der Waals surface area contributed by atoms with E-state index in [4.69, 9.17) is 33.3 Å². The fourth-order valence-corrected chi connectivity index (χ4v) is 3.30. The van der Waals surface area contributed by atoms with E-state index in [0.717, 1.165) is 11.0 Å². The lowest BCUT2D eigenvalue weighted by Crippen LogP contribution is -2.31. The number of aryl methyl sites for hydroxylation is 1. The molecular formula is C18H20Cl3N3O2. The van der Waals surface area contributed by atoms with Crippen LogP contribution in [0.1, 0.15) is 6.92 Å². The molecule has 3 rings (SSSR count). The Morgan fingerprint density at radius 2 is 1.77 bits per heavy atom. The van der Waals surface area contributed by atoms with Crippen LogP contribution < -0.4 is 10.4 Å². The van der Waals surface area contributed by atoms with Crippen molar-refractivity contribution in [3.8, 4) is 5.75 Å². The number of ether oxygens (including phenoxy) is 1. The Kier molecular flexibility index (Phi) is 7.01. The summed E-state index contributed by atoms with van der Waals surface area (Å²) in [6.45, 7) is 3.02. The number of rotatable bonds is 6. The predicted octanol–water partition coefficient (Wildman–Crippen LogP) is 4.11. The van der Waals surface area contributed by atoms with Gasteiger partial charge in [-0.1, -0.05) is 35.3 Å². The molecule has 0 saturated heterocycles. The van der Waals surface area contributed by atoms with Gasteiger partial charge < -0.3 is 19.0 Å². The van der Waals surface area contributed by atoms with Crippen molar-refractivity contribution >= 4 is 46.6 Å². The lowest BCUT2D eigenvalue weighted by molar-refractivity contribution is 0.0921. The summed E-state index contributed by atoms with van der Waals surface area (Å²) in [7, 11) is 0. The normalized spacial score (nSPS) is 12.0. The molecule has 0 bridgehead atoms. The highest BCUT2D eigenvalue weighted by atomic mass is 35.5. The van der Waals surface area contributed by atoms with Crippen LogP contribution in [0.15, 0.2) is 42.5 Å². The zero-order chi connectivity index (χ0) is 18.0. The van der Waals surface area contributed by atoms with Crippen molar-refractivity contribution < 1.29 is 9.84 Å². The predicted molar refractivity (Wildman–Crippen MR) is 107 cm³/mol. The fourth-order valence-electron chi connectivity index (χ4n) is 2.84. The Morgan fingerprint density at radius 1 is 1.12 bits per heavy atom. The van der Waals surface area contributed by atoms with E-state index in [1.165, 1.54) is 0 Å². The van der Waals surface area contributed by atoms with Crippen LogP contribution in [0.25, 0.3) is 11.0 Å². The average Bonchev–Trinajstić information content (AvgIpc) is 2.86. The number of nitrogens with zero attached hydrogens (tertiary/aromatic N) is 2. The van der Waals surface area contributed by atoms with Crippen LogP contribution in [-0.4, -0.2) is 27.0 Å². The number of hydrogen-bond acceptors (Lipinski definition) is 3. The molecule has 2 aromatic carbocycles. The smallest absolute Gasteiger partial charge is 0.203 e. The van der Waals surface area contributed by atoms with E-state index in [-0.39, 0.29) is 25.6 Å². The van der Waals surface area contributed by atoms with Crippen LogP contribution in [0, 0.1) is 5.41 Å². The van der Waals surface area contributed by atoms with Crippen molar-refractivity contribution in [3.63, 3.8) is 0 Å². The maximum atomic E-state index is 10.4. The molecule has 8 heteroatoms. The van der Waals surface area contributed by atoms with Crippen LogP contribution in [0.2, 0.25) is 10.0 Å². The number of aliphatic hydroxyl groups excluding tert-OH is 1. The van der Waals surface area contributed by atoms with E-state index in [2.05, 4.69) is 0 Å². The number of para-hydroxylation sites is 2. The molecule has 0 aliphatic carbocycles. The van der Waals surface area contributed by atoms with Crippen molar-refractivity contribution in [2.75, 3.05) is 6.61 Å². The number of aliphatic hydroxyl groups is 1. The number of aromatic nitrogens is 2. The van der Waals surface area contributed by atoms with Crippen LogP contribution in [0.5, 0.6) is 5.75 Å². The van der Waals surface area contributed by atoms with Crippen LogP contribution in [0.3, 0.4) is 0 Å². The van der Waals surface area contributed by atoms with Crippen molar-refractivity contribution in [2.24, 2.45) is 0 Å². The number of nitrogens with one attached hydrogen (secondary N) is 1. The lowest BCUT2D eigenvalue weighted by atomic mass is 10.3. The summed E-state index contributed by atoms with van der Waals surface area (Å²) in [6.07, 6.45) is -0.781. The third-order valence-corrected chi connectivity index (χ3v) is 4.54. The van der Waals surface area contributed by atoms with Gasteiger partial charge >= 0.3 is 0 Å². The standard InChI is InChI=1S/C18H19Cl2N3O2.ClH/c1-2-22-15-5-3-4-6-16(15)23(18(22)21)10-13(24)11-25-17-8-7-12(19)9-14(17)20;/h3-9,13,21,24H,2,10-11H2,1H3;1H. The van der Waals surface area contributed by atoms with Crippen molar-refractivity contribution in [3.05, 3.63) is 58.1 Å². The quantitative estimate of drug-likeness (QED) is 0.635. The topological polar surface area (TPSA) is 63.2 Å². The second-order valence-electron chi connectivity index (χ2n) is 5.71. The van der Waals surface area contributed by atoms with Gasteiger partial charge in [0.25, 0.3) is 0 Å². The first kappa shape index (κ1) is 20.6. The maximum absolute atomic E-state index is 10.4. The highest BCUT2D eigenvalue weighted by Crippen LogP contribution is 2.27. The second kappa shape index (κ2) is 8.82. The Balaban J connectivity index is 0.00000243. The Morgan fingerprint density at radius 3 is 2.38 bits per heavy atom. The van der Waals surface area contributed by atoms with Gasteiger partial charge in [-0.05, 0) is 37.3 Å². The van der Waals surface area contributed by atoms with Gasteiger partial charge in [-0.2, -0.15) is 0 Å². The minimum atomic E-state index is -0.781. The van der Waals surface area contributed by atoms with Gasteiger partial charge in [0.1, 0.15) is 18.5 Å². The maximum Gasteiger partial charge on any atom is 0.203 e. The molecule has 1 unspecified atom stereocenters. The van der Waals surface area contributed by atoms with Gasteiger partial charge in [-0.3, -0.25) is 5.41 Å². The van der Waals surface area contributed by atoms with Crippen molar-refractivity contribution in [1.82, 2.24) is 9.13 Å². The van der Waals surface area contributed by atoms with Gasteiger partial charge in [0.2, 0.25) is 5.62 Å². The molecule has 0 saturated carbocycles. The highest BCUT2D eigenvalue weighted by Gasteiger charge is 2.14. The summed E-state index contributed by atoms with van der Waals surface area (Å²) in [4.78, 5) is 0. The van der Waals surface area contributed by atoms with Crippen molar-refractivity contribution in [2.45, 2.75) is 26.1 Å². The molecule has 1 heterocycles. The first-order chi connectivity index (χ1) is 12.0. The zero-order valence-corrected chi connectivity index (χ0v) is 16.5. The summed E-state index contributed by atoms with van der Waals surface area (Å²) in [5.41, 5.74) is 2.24. The molecule has 0 fully saturated rings. The summed E-state index contributed by atoms with van der Waals surface area (Å²) in [5.74, 6) is 0.470. The first-order valence-corrected chi connectivity index (χ1v) is 8.75. The molecular weight excluding hydrogens is 397 g/mol. The van der Waals surface area contributed by atoms with E-state index in [9.17, 15) is 5.11 Å². The summed E-state index contributed by atoms with van der Waals surface area (Å²) < 4.78 is 9.28. The van der Waals surface area contributed by atoms with Crippen LogP contribution in [-0.2, 0) is 13.1 Å². The molecule has 0 aliphatic heterocycles. The highest BCUT2D eigenvalue weighted by molar-refractivity contribution is 6.35. The van der Waals surface area contributed by atoms with E-state index in [0.29, 0.717) is 28.0 Å². The molecule has 2 N–H and O–H groups in total. The summed E-state index contributed by atoms with van der Waals surface area (Å²) >= 11 is 11.9. The minimum Gasteiger partial charge on any atom is -0.489 e. The largest absolute Gasteiger partial charge is 0.489 e. The summed E-state index contributed by atoms with van der Waals surface area (Å²) in [5, 5.41) is 19.7. The van der Waals surface area contributed by atoms with Crippen molar-refractivity contribution in [1.29, 1.82) is 5.41 Å². The summed E-state index contributed by atoms with van der Waals surface area (Å²) in [6, 6.07) is 12.7. The molecule has 1 aromatic heterocycles. The third kappa shape index (κ3) is 4.18. The molecule has 3 aromatic rings.